The van der Waals surface area contributed by atoms with Crippen LogP contribution in [-0.2, 0) is 24.3 Å². The molecule has 0 unspecified atom stereocenters. The number of unbranched alkanes of at least 4 members (excludes halogenated alkanes) is 1. The van der Waals surface area contributed by atoms with E-state index in [1.54, 1.807) is 6.07 Å². The Kier molecular flexibility index (Phi) is 8.03. The molecule has 2 amide bonds. The molecule has 0 bridgehead atoms. The molecule has 13 heteroatoms. The minimum Gasteiger partial charge on any atom is -0.462 e. The van der Waals surface area contributed by atoms with Gasteiger partial charge in [-0.2, -0.15) is 0 Å². The Morgan fingerprint density at radius 2 is 1.66 bits per heavy atom. The van der Waals surface area contributed by atoms with Crippen LogP contribution in [0.2, 0.25) is 0 Å². The first kappa shape index (κ1) is 26.8. The Balaban J connectivity index is 1.45. The van der Waals surface area contributed by atoms with E-state index in [-0.39, 0.29) is 32.8 Å². The Labute approximate surface area is 223 Å². The third-order valence-corrected chi connectivity index (χ3v) is 7.04. The van der Waals surface area contributed by atoms with E-state index in [1.165, 1.54) is 60.9 Å². The van der Waals surface area contributed by atoms with Crippen molar-refractivity contribution < 1.29 is 27.5 Å². The van der Waals surface area contributed by atoms with Crippen LogP contribution in [0.1, 0.15) is 30.1 Å². The van der Waals surface area contributed by atoms with Gasteiger partial charge in [0.25, 0.3) is 21.8 Å². The molecule has 2 heterocycles. The summed E-state index contributed by atoms with van der Waals surface area (Å²) in [5, 5.41) is 2.44. The normalized spacial score (nSPS) is 13.6. The summed E-state index contributed by atoms with van der Waals surface area (Å²) in [6.07, 6.45) is 4.43. The number of aromatic nitrogens is 2. The fraction of sp³-hybridized carbons (Fsp3) is 0.160. The van der Waals surface area contributed by atoms with Gasteiger partial charge in [0, 0.05) is 18.1 Å². The molecular weight excluding hydrogens is 534 g/mol. The first-order valence-electron chi connectivity index (χ1n) is 11.4. The fourth-order valence-corrected chi connectivity index (χ4v) is 4.55. The lowest BCUT2D eigenvalue weighted by atomic mass is 10.2. The molecule has 4 rings (SSSR count). The van der Waals surface area contributed by atoms with Gasteiger partial charge in [-0.1, -0.05) is 24.9 Å². The first-order valence-corrected chi connectivity index (χ1v) is 13.3. The van der Waals surface area contributed by atoms with E-state index in [1.807, 2.05) is 6.92 Å². The zero-order valence-corrected chi connectivity index (χ0v) is 21.6. The number of amides is 2. The first-order chi connectivity index (χ1) is 18.2. The number of hydrogen-bond donors (Lipinski definition) is 2. The number of benzene rings is 2. The third kappa shape index (κ3) is 5.82. The van der Waals surface area contributed by atoms with Crippen LogP contribution >= 0.6 is 11.6 Å². The molecule has 0 atom stereocenters. The highest BCUT2D eigenvalue weighted by Gasteiger charge is 2.39. The number of esters is 1. The van der Waals surface area contributed by atoms with Gasteiger partial charge in [-0.15, -0.1) is 0 Å². The largest absolute Gasteiger partial charge is 0.462 e. The van der Waals surface area contributed by atoms with Crippen LogP contribution in [0, 0.1) is 0 Å². The van der Waals surface area contributed by atoms with Crippen LogP contribution in [-0.4, -0.2) is 42.8 Å². The molecule has 1 aliphatic heterocycles. The van der Waals surface area contributed by atoms with Crippen LogP contribution in [0.4, 0.5) is 17.3 Å². The van der Waals surface area contributed by atoms with Gasteiger partial charge < -0.3 is 10.1 Å². The number of anilines is 3. The molecule has 2 aromatic carbocycles. The van der Waals surface area contributed by atoms with E-state index in [9.17, 15) is 22.8 Å². The number of halogens is 1. The highest BCUT2D eigenvalue weighted by molar-refractivity contribution is 7.92. The maximum Gasteiger partial charge on any atom is 0.338 e. The lowest BCUT2D eigenvalue weighted by Crippen LogP contribution is -2.32. The van der Waals surface area contributed by atoms with Crippen molar-refractivity contribution in [2.75, 3.05) is 21.5 Å². The number of nitrogens with one attached hydrogen (secondary N) is 2. The summed E-state index contributed by atoms with van der Waals surface area (Å²) < 4.78 is 32.5. The van der Waals surface area contributed by atoms with Gasteiger partial charge in [0.05, 0.1) is 22.8 Å². The van der Waals surface area contributed by atoms with Crippen LogP contribution in [0.5, 0.6) is 0 Å². The van der Waals surface area contributed by atoms with Gasteiger partial charge in [0.2, 0.25) is 5.95 Å². The van der Waals surface area contributed by atoms with E-state index < -0.39 is 27.8 Å². The molecule has 2 N–H and O–H groups in total. The average molecular weight is 556 g/mol. The number of carbonyl (C=O) groups excluding carboxylic acids is 3. The summed E-state index contributed by atoms with van der Waals surface area (Å²) in [7, 11) is -3.95. The molecule has 196 valence electrons. The van der Waals surface area contributed by atoms with E-state index in [0.717, 1.165) is 17.7 Å². The predicted molar refractivity (Wildman–Crippen MR) is 140 cm³/mol. The number of hydrogen-bond acceptors (Lipinski definition) is 9. The molecule has 0 spiro atoms. The molecule has 38 heavy (non-hydrogen) atoms. The van der Waals surface area contributed by atoms with Crippen LogP contribution in [0.25, 0.3) is 0 Å². The highest BCUT2D eigenvalue weighted by Crippen LogP contribution is 2.30. The Bertz CT molecular complexity index is 1490. The highest BCUT2D eigenvalue weighted by atomic mass is 35.5. The van der Waals surface area contributed by atoms with Gasteiger partial charge in [0.15, 0.2) is 0 Å². The maximum absolute atomic E-state index is 13.0. The molecular formula is C25H22ClN5O6S. The van der Waals surface area contributed by atoms with Crippen molar-refractivity contribution in [3.63, 3.8) is 0 Å². The summed E-state index contributed by atoms with van der Waals surface area (Å²) in [6, 6.07) is 12.8. The number of carbonyl (C=O) groups is 3. The van der Waals surface area contributed by atoms with Crippen LogP contribution < -0.4 is 14.9 Å². The molecule has 11 nitrogen and oxygen atoms in total. The Hall–Kier alpha value is -4.29. The number of imide groups is 1. The summed E-state index contributed by atoms with van der Waals surface area (Å²) in [6.45, 7) is 2.29. The number of ether oxygens (including phenoxy) is 1. The van der Waals surface area contributed by atoms with Crippen molar-refractivity contribution in [3.05, 3.63) is 83.3 Å². The monoisotopic (exact) mass is 555 g/mol. The Morgan fingerprint density at radius 1 is 1.00 bits per heavy atom. The summed E-state index contributed by atoms with van der Waals surface area (Å²) in [5.74, 6) is -2.04. The number of nitrogens with zero attached hydrogens (tertiary/aromatic N) is 3. The van der Waals surface area contributed by atoms with Crippen LogP contribution in [0.15, 0.2) is 82.6 Å². The van der Waals surface area contributed by atoms with Crippen molar-refractivity contribution in [2.45, 2.75) is 24.7 Å². The molecule has 0 saturated heterocycles. The average Bonchev–Trinajstić information content (AvgIpc) is 3.12. The predicted octanol–water partition coefficient (Wildman–Crippen LogP) is 3.67. The molecule has 3 aromatic rings. The summed E-state index contributed by atoms with van der Waals surface area (Å²) >= 11 is 6.18. The van der Waals surface area contributed by atoms with Gasteiger partial charge in [-0.05, 0) is 61.0 Å². The van der Waals surface area contributed by atoms with Crippen molar-refractivity contribution >= 4 is 56.7 Å². The molecule has 1 aliphatic rings. The molecule has 0 radical (unpaired) electrons. The minimum absolute atomic E-state index is 0.0701. The third-order valence-electron chi connectivity index (χ3n) is 5.34. The Morgan fingerprint density at radius 3 is 2.29 bits per heavy atom. The second kappa shape index (κ2) is 11.4. The van der Waals surface area contributed by atoms with E-state index in [4.69, 9.17) is 16.3 Å². The SMILES string of the molecule is CCCCOC(=O)c1ccc(N2C(=O)C(Cl)=C(Nc3ccc(S(=O)(=O)Nc4ncccn4)cc3)C2=O)cc1. The second-order valence-corrected chi connectivity index (χ2v) is 10.1. The van der Waals surface area contributed by atoms with Crippen molar-refractivity contribution in [1.29, 1.82) is 0 Å². The second-order valence-electron chi connectivity index (χ2n) is 8.00. The molecule has 0 aliphatic carbocycles. The van der Waals surface area contributed by atoms with E-state index in [2.05, 4.69) is 20.0 Å². The van der Waals surface area contributed by atoms with Crippen LogP contribution in [0.3, 0.4) is 0 Å². The fourth-order valence-electron chi connectivity index (χ4n) is 3.38. The van der Waals surface area contributed by atoms with Crippen molar-refractivity contribution in [1.82, 2.24) is 9.97 Å². The smallest absolute Gasteiger partial charge is 0.338 e. The van der Waals surface area contributed by atoms with Gasteiger partial charge in [0.1, 0.15) is 10.7 Å². The zero-order chi connectivity index (χ0) is 27.3. The maximum atomic E-state index is 13.0. The minimum atomic E-state index is -3.95. The molecule has 0 saturated carbocycles. The summed E-state index contributed by atoms with van der Waals surface area (Å²) in [4.78, 5) is 46.4. The molecule has 1 aromatic heterocycles. The number of rotatable bonds is 10. The quantitative estimate of drug-likeness (QED) is 0.217. The van der Waals surface area contributed by atoms with Gasteiger partial charge in [-0.3, -0.25) is 9.59 Å². The summed E-state index contributed by atoms with van der Waals surface area (Å²) in [5.41, 5.74) is 0.646. The van der Waals surface area contributed by atoms with Gasteiger partial charge in [-0.25, -0.2) is 32.8 Å². The lowest BCUT2D eigenvalue weighted by molar-refractivity contribution is -0.120. The topological polar surface area (TPSA) is 148 Å². The lowest BCUT2D eigenvalue weighted by Gasteiger charge is -2.15. The van der Waals surface area contributed by atoms with E-state index in [0.29, 0.717) is 12.3 Å². The van der Waals surface area contributed by atoms with E-state index >= 15 is 0 Å². The number of sulfonamides is 1. The van der Waals surface area contributed by atoms with Crippen molar-refractivity contribution in [2.24, 2.45) is 0 Å². The molecule has 0 fully saturated rings. The van der Waals surface area contributed by atoms with Gasteiger partial charge >= 0.3 is 5.97 Å². The van der Waals surface area contributed by atoms with Crippen molar-refractivity contribution in [3.8, 4) is 0 Å². The standard InChI is InChI=1S/C25H22ClN5O6S/c1-2-3-15-37-24(34)16-5-9-18(10-6-16)31-22(32)20(26)21(23(31)33)29-17-7-11-19(12-8-17)38(35,36)30-25-27-13-4-14-28-25/h4-14,29H,2-3,15H2,1H3,(H,27,28,30). The zero-order valence-electron chi connectivity index (χ0n) is 20.0.